The fourth-order valence-electron chi connectivity index (χ4n) is 4.46. The van der Waals surface area contributed by atoms with Crippen LogP contribution in [0.5, 0.6) is 0 Å². The fourth-order valence-corrected chi connectivity index (χ4v) is 4.46. The molecular weight excluding hydrogens is 344 g/mol. The molecule has 7 rings (SSSR count). The number of para-hydroxylation sites is 4. The van der Waals surface area contributed by atoms with Crippen molar-refractivity contribution in [2.24, 2.45) is 0 Å². The summed E-state index contributed by atoms with van der Waals surface area (Å²) in [5, 5.41) is 2.38. The molecule has 0 aliphatic heterocycles. The summed E-state index contributed by atoms with van der Waals surface area (Å²) in [5.41, 5.74) is 8.51. The minimum atomic E-state index is 0.961. The van der Waals surface area contributed by atoms with Crippen molar-refractivity contribution in [3.8, 4) is 0 Å². The van der Waals surface area contributed by atoms with E-state index in [0.717, 1.165) is 44.4 Å². The highest BCUT2D eigenvalue weighted by molar-refractivity contribution is 6.08. The summed E-state index contributed by atoms with van der Waals surface area (Å²) < 4.78 is 4.56. The molecule has 0 saturated heterocycles. The minimum Gasteiger partial charge on any atom is -0.290 e. The van der Waals surface area contributed by atoms with Crippen molar-refractivity contribution in [1.29, 1.82) is 0 Å². The van der Waals surface area contributed by atoms with Gasteiger partial charge in [0, 0.05) is 10.8 Å². The highest BCUT2D eigenvalue weighted by Gasteiger charge is 2.14. The van der Waals surface area contributed by atoms with Gasteiger partial charge in [0.1, 0.15) is 11.3 Å². The molecular formula is C24H14N4. The van der Waals surface area contributed by atoms with Crippen LogP contribution in [-0.4, -0.2) is 18.8 Å². The molecule has 0 fully saturated rings. The molecule has 28 heavy (non-hydrogen) atoms. The van der Waals surface area contributed by atoms with Crippen LogP contribution in [0.4, 0.5) is 0 Å². The van der Waals surface area contributed by atoms with Gasteiger partial charge in [-0.25, -0.2) is 9.97 Å². The Hall–Kier alpha value is -3.92. The zero-order chi connectivity index (χ0) is 18.2. The van der Waals surface area contributed by atoms with Crippen molar-refractivity contribution >= 4 is 55.2 Å². The quantitative estimate of drug-likeness (QED) is 0.331. The average Bonchev–Trinajstić information content (AvgIpc) is 3.31. The number of fused-ring (bicyclic) bond motifs is 11. The Morgan fingerprint density at radius 3 is 1.39 bits per heavy atom. The maximum absolute atomic E-state index is 4.84. The molecule has 0 saturated carbocycles. The van der Waals surface area contributed by atoms with Gasteiger partial charge >= 0.3 is 0 Å². The van der Waals surface area contributed by atoms with Gasteiger partial charge in [-0.1, -0.05) is 36.4 Å². The van der Waals surface area contributed by atoms with Gasteiger partial charge in [-0.2, -0.15) is 0 Å². The second-order valence-electron chi connectivity index (χ2n) is 7.20. The third-order valence-electron chi connectivity index (χ3n) is 5.66. The Kier molecular flexibility index (Phi) is 2.46. The number of rotatable bonds is 0. The first-order chi connectivity index (χ1) is 13.9. The van der Waals surface area contributed by atoms with Crippen LogP contribution in [0.3, 0.4) is 0 Å². The van der Waals surface area contributed by atoms with Crippen LogP contribution in [-0.2, 0) is 0 Å². The Labute approximate surface area is 159 Å². The molecule has 0 N–H and O–H groups in total. The zero-order valence-electron chi connectivity index (χ0n) is 14.9. The normalized spacial score (nSPS) is 12.3. The second kappa shape index (κ2) is 4.87. The molecule has 4 heterocycles. The lowest BCUT2D eigenvalue weighted by molar-refractivity contribution is 1.26. The molecule has 130 valence electrons. The van der Waals surface area contributed by atoms with Crippen LogP contribution in [0, 0.1) is 0 Å². The number of imidazole rings is 2. The molecule has 0 unspecified atom stereocenters. The van der Waals surface area contributed by atoms with Gasteiger partial charge in [0.05, 0.1) is 33.1 Å². The lowest BCUT2D eigenvalue weighted by Gasteiger charge is -2.10. The Morgan fingerprint density at radius 1 is 0.464 bits per heavy atom. The SMILES string of the molecule is c1ccc2c(c1)nc1ccc3ccc4ccc5nc6ccccc6n5c4c3n12. The predicted octanol–water partition coefficient (Wildman–Crippen LogP) is 5.59. The summed E-state index contributed by atoms with van der Waals surface area (Å²) in [6.07, 6.45) is 0. The van der Waals surface area contributed by atoms with E-state index < -0.39 is 0 Å². The molecule has 3 aromatic carbocycles. The van der Waals surface area contributed by atoms with Crippen LogP contribution < -0.4 is 0 Å². The monoisotopic (exact) mass is 358 g/mol. The zero-order valence-corrected chi connectivity index (χ0v) is 14.9. The molecule has 0 radical (unpaired) electrons. The Morgan fingerprint density at radius 2 is 0.893 bits per heavy atom. The van der Waals surface area contributed by atoms with E-state index in [4.69, 9.17) is 9.97 Å². The summed E-state index contributed by atoms with van der Waals surface area (Å²) in [7, 11) is 0. The van der Waals surface area contributed by atoms with E-state index in [1.54, 1.807) is 0 Å². The average molecular weight is 358 g/mol. The summed E-state index contributed by atoms with van der Waals surface area (Å²) in [6, 6.07) is 29.5. The lowest BCUT2D eigenvalue weighted by atomic mass is 10.1. The molecule has 0 aliphatic rings. The Bertz CT molecular complexity index is 1590. The number of hydrogen-bond donors (Lipinski definition) is 0. The number of benzene rings is 3. The molecule has 4 nitrogen and oxygen atoms in total. The van der Waals surface area contributed by atoms with Gasteiger partial charge in [-0.15, -0.1) is 0 Å². The van der Waals surface area contributed by atoms with Crippen molar-refractivity contribution in [3.05, 3.63) is 84.9 Å². The number of aromatic nitrogens is 4. The van der Waals surface area contributed by atoms with E-state index >= 15 is 0 Å². The van der Waals surface area contributed by atoms with Gasteiger partial charge in [0.15, 0.2) is 0 Å². The maximum Gasteiger partial charge on any atom is 0.138 e. The van der Waals surface area contributed by atoms with Gasteiger partial charge in [0.25, 0.3) is 0 Å². The topological polar surface area (TPSA) is 34.6 Å². The first-order valence-electron chi connectivity index (χ1n) is 9.37. The van der Waals surface area contributed by atoms with Crippen LogP contribution in [0.2, 0.25) is 0 Å². The number of pyridine rings is 2. The van der Waals surface area contributed by atoms with E-state index in [-0.39, 0.29) is 0 Å². The third-order valence-corrected chi connectivity index (χ3v) is 5.66. The van der Waals surface area contributed by atoms with Crippen molar-refractivity contribution < 1.29 is 0 Å². The third kappa shape index (κ3) is 1.65. The summed E-state index contributed by atoms with van der Waals surface area (Å²) in [5.74, 6) is 0. The molecule has 0 aliphatic carbocycles. The molecule has 7 aromatic rings. The lowest BCUT2D eigenvalue weighted by Crippen LogP contribution is -1.95. The van der Waals surface area contributed by atoms with Crippen LogP contribution in [0.1, 0.15) is 0 Å². The van der Waals surface area contributed by atoms with E-state index in [1.165, 1.54) is 10.8 Å². The number of nitrogens with zero attached hydrogens (tertiary/aromatic N) is 4. The van der Waals surface area contributed by atoms with Gasteiger partial charge in [0.2, 0.25) is 0 Å². The summed E-state index contributed by atoms with van der Waals surface area (Å²) in [6.45, 7) is 0. The van der Waals surface area contributed by atoms with Crippen LogP contribution >= 0.6 is 0 Å². The van der Waals surface area contributed by atoms with Crippen molar-refractivity contribution in [3.63, 3.8) is 0 Å². The van der Waals surface area contributed by atoms with Crippen molar-refractivity contribution in [2.45, 2.75) is 0 Å². The second-order valence-corrected chi connectivity index (χ2v) is 7.20. The van der Waals surface area contributed by atoms with E-state index in [1.807, 2.05) is 12.1 Å². The fraction of sp³-hybridized carbons (Fsp3) is 0. The smallest absolute Gasteiger partial charge is 0.138 e. The number of hydrogen-bond acceptors (Lipinski definition) is 2. The maximum atomic E-state index is 4.84. The highest BCUT2D eigenvalue weighted by Crippen LogP contribution is 2.32. The van der Waals surface area contributed by atoms with E-state index in [9.17, 15) is 0 Å². The predicted molar refractivity (Wildman–Crippen MR) is 114 cm³/mol. The van der Waals surface area contributed by atoms with Gasteiger partial charge in [-0.05, 0) is 48.5 Å². The van der Waals surface area contributed by atoms with Crippen LogP contribution in [0.25, 0.3) is 55.2 Å². The summed E-state index contributed by atoms with van der Waals surface area (Å²) >= 11 is 0. The Balaban J connectivity index is 1.89. The first-order valence-corrected chi connectivity index (χ1v) is 9.37. The van der Waals surface area contributed by atoms with Gasteiger partial charge in [-0.3, -0.25) is 8.80 Å². The standard InChI is InChI=1S/C24H14N4/c1-3-7-19-17(5-1)25-21-13-11-15-9-10-16-12-14-22-26-18-6-2-4-8-20(18)28(22)24(16)23(15)27(19)21/h1-14H. The molecule has 0 spiro atoms. The van der Waals surface area contributed by atoms with Gasteiger partial charge < -0.3 is 0 Å². The highest BCUT2D eigenvalue weighted by atomic mass is 15.1. The van der Waals surface area contributed by atoms with Crippen LogP contribution in [0.15, 0.2) is 84.9 Å². The molecule has 0 bridgehead atoms. The molecule has 0 amide bonds. The van der Waals surface area contributed by atoms with Crippen molar-refractivity contribution in [1.82, 2.24) is 18.8 Å². The van der Waals surface area contributed by atoms with Crippen molar-refractivity contribution in [2.75, 3.05) is 0 Å². The molecule has 0 atom stereocenters. The van der Waals surface area contributed by atoms with E-state index in [0.29, 0.717) is 0 Å². The summed E-state index contributed by atoms with van der Waals surface area (Å²) in [4.78, 5) is 9.68. The molecule has 4 heteroatoms. The largest absolute Gasteiger partial charge is 0.290 e. The minimum absolute atomic E-state index is 0.961. The van der Waals surface area contributed by atoms with E-state index in [2.05, 4.69) is 81.6 Å². The first kappa shape index (κ1) is 14.2. The molecule has 4 aromatic heterocycles.